The van der Waals surface area contributed by atoms with Gasteiger partial charge in [0, 0.05) is 17.0 Å². The third kappa shape index (κ3) is 4.70. The molecule has 5 nitrogen and oxygen atoms in total. The molecule has 1 heterocycles. The van der Waals surface area contributed by atoms with Crippen molar-refractivity contribution < 1.29 is 23.8 Å². The van der Waals surface area contributed by atoms with E-state index >= 15 is 0 Å². The summed E-state index contributed by atoms with van der Waals surface area (Å²) in [5, 5.41) is 10.3. The van der Waals surface area contributed by atoms with E-state index in [0.717, 1.165) is 16.6 Å². The molecule has 4 rings (SSSR count). The van der Waals surface area contributed by atoms with Gasteiger partial charge < -0.3 is 14.6 Å². The predicted octanol–water partition coefficient (Wildman–Crippen LogP) is 5.85. The van der Waals surface area contributed by atoms with Gasteiger partial charge in [-0.15, -0.1) is 0 Å². The van der Waals surface area contributed by atoms with Crippen LogP contribution in [-0.2, 0) is 13.2 Å². The molecule has 1 aromatic heterocycles. The molecular weight excluding hydrogens is 409 g/mol. The number of carboxylic acids is 1. The largest absolute Gasteiger partial charge is 0.489 e. The van der Waals surface area contributed by atoms with Gasteiger partial charge in [-0.3, -0.25) is 0 Å². The Morgan fingerprint density at radius 2 is 1.62 bits per heavy atom. The van der Waals surface area contributed by atoms with E-state index in [0.29, 0.717) is 28.1 Å². The zero-order chi connectivity index (χ0) is 22.7. The fourth-order valence-corrected chi connectivity index (χ4v) is 3.54. The summed E-state index contributed by atoms with van der Waals surface area (Å²) < 4.78 is 25.1. The molecule has 0 unspecified atom stereocenters. The van der Waals surface area contributed by atoms with Gasteiger partial charge in [-0.05, 0) is 61.4 Å². The Labute approximate surface area is 185 Å². The molecule has 32 heavy (non-hydrogen) atoms. The highest BCUT2D eigenvalue weighted by Gasteiger charge is 2.16. The average molecular weight is 431 g/mol. The van der Waals surface area contributed by atoms with Gasteiger partial charge in [-0.2, -0.15) is 0 Å². The van der Waals surface area contributed by atoms with Crippen LogP contribution < -0.4 is 9.47 Å². The smallest absolute Gasteiger partial charge is 0.336 e. The van der Waals surface area contributed by atoms with Crippen LogP contribution in [0, 0.1) is 19.7 Å². The monoisotopic (exact) mass is 431 g/mol. The van der Waals surface area contributed by atoms with Crippen molar-refractivity contribution in [3.8, 4) is 11.5 Å². The number of halogens is 1. The van der Waals surface area contributed by atoms with Gasteiger partial charge in [0.25, 0.3) is 0 Å². The molecule has 0 amide bonds. The number of fused-ring (bicyclic) bond motifs is 1. The zero-order valence-electron chi connectivity index (χ0n) is 17.8. The van der Waals surface area contributed by atoms with Crippen molar-refractivity contribution in [2.24, 2.45) is 0 Å². The SMILES string of the molecule is Cc1ccc(C)c(C(=O)O)c1COc1cccc(OCc2ccc3cc(F)ccc3n2)c1. The molecule has 4 aromatic rings. The van der Waals surface area contributed by atoms with E-state index < -0.39 is 5.97 Å². The van der Waals surface area contributed by atoms with E-state index in [-0.39, 0.29) is 24.6 Å². The second kappa shape index (κ2) is 9.06. The van der Waals surface area contributed by atoms with Crippen LogP contribution in [0.25, 0.3) is 10.9 Å². The number of aromatic nitrogens is 1. The molecule has 0 aliphatic heterocycles. The summed E-state index contributed by atoms with van der Waals surface area (Å²) in [6, 6.07) is 18.9. The zero-order valence-corrected chi connectivity index (χ0v) is 17.8. The van der Waals surface area contributed by atoms with E-state index in [1.54, 1.807) is 37.3 Å². The molecule has 0 radical (unpaired) electrons. The fraction of sp³-hybridized carbons (Fsp3) is 0.154. The minimum Gasteiger partial charge on any atom is -0.489 e. The molecule has 0 saturated heterocycles. The molecule has 1 N–H and O–H groups in total. The Bertz CT molecular complexity index is 1300. The Balaban J connectivity index is 1.45. The number of ether oxygens (including phenoxy) is 2. The number of nitrogens with zero attached hydrogens (tertiary/aromatic N) is 1. The highest BCUT2D eigenvalue weighted by atomic mass is 19.1. The molecule has 0 fully saturated rings. The molecule has 0 atom stereocenters. The summed E-state index contributed by atoms with van der Waals surface area (Å²) in [5.74, 6) is -0.0893. The number of benzene rings is 3. The normalized spacial score (nSPS) is 10.8. The molecular formula is C26H22FNO4. The Kier molecular flexibility index (Phi) is 6.03. The highest BCUT2D eigenvalue weighted by molar-refractivity contribution is 5.91. The topological polar surface area (TPSA) is 68.7 Å². The molecule has 0 aliphatic carbocycles. The summed E-state index contributed by atoms with van der Waals surface area (Å²) in [5.41, 5.74) is 3.91. The van der Waals surface area contributed by atoms with Gasteiger partial charge >= 0.3 is 5.97 Å². The van der Waals surface area contributed by atoms with Crippen LogP contribution in [0.1, 0.15) is 32.7 Å². The van der Waals surface area contributed by atoms with E-state index in [2.05, 4.69) is 4.98 Å². The molecule has 0 saturated carbocycles. The van der Waals surface area contributed by atoms with Crippen LogP contribution in [-0.4, -0.2) is 16.1 Å². The lowest BCUT2D eigenvalue weighted by Crippen LogP contribution is -2.10. The average Bonchev–Trinajstić information content (AvgIpc) is 2.78. The standard InChI is InChI=1S/C26H22FNO4/c1-16-6-7-17(2)25(26(29)30)23(16)15-32-22-5-3-4-21(13-22)31-14-20-10-8-18-12-19(27)9-11-24(18)28-20/h3-13H,14-15H2,1-2H3,(H,29,30). The summed E-state index contributed by atoms with van der Waals surface area (Å²) in [7, 11) is 0. The molecule has 3 aromatic carbocycles. The number of aromatic carboxylic acids is 1. The van der Waals surface area contributed by atoms with Crippen molar-refractivity contribution >= 4 is 16.9 Å². The second-order valence-electron chi connectivity index (χ2n) is 7.55. The first-order valence-electron chi connectivity index (χ1n) is 10.1. The Morgan fingerprint density at radius 1 is 0.906 bits per heavy atom. The van der Waals surface area contributed by atoms with Gasteiger partial charge in [0.1, 0.15) is 30.5 Å². The van der Waals surface area contributed by atoms with Crippen LogP contribution in [0.2, 0.25) is 0 Å². The number of pyridine rings is 1. The van der Waals surface area contributed by atoms with E-state index in [9.17, 15) is 14.3 Å². The van der Waals surface area contributed by atoms with Crippen molar-refractivity contribution in [1.29, 1.82) is 0 Å². The van der Waals surface area contributed by atoms with Gasteiger partial charge in [-0.1, -0.05) is 24.3 Å². The van der Waals surface area contributed by atoms with Crippen molar-refractivity contribution in [3.63, 3.8) is 0 Å². The number of rotatable bonds is 7. The van der Waals surface area contributed by atoms with Gasteiger partial charge in [0.2, 0.25) is 0 Å². The number of hydrogen-bond donors (Lipinski definition) is 1. The maximum atomic E-state index is 13.3. The third-order valence-electron chi connectivity index (χ3n) is 5.25. The van der Waals surface area contributed by atoms with Crippen molar-refractivity contribution in [1.82, 2.24) is 4.98 Å². The van der Waals surface area contributed by atoms with Crippen molar-refractivity contribution in [3.05, 3.63) is 100 Å². The van der Waals surface area contributed by atoms with Crippen molar-refractivity contribution in [2.45, 2.75) is 27.1 Å². The van der Waals surface area contributed by atoms with E-state index in [4.69, 9.17) is 9.47 Å². The minimum atomic E-state index is -0.965. The van der Waals surface area contributed by atoms with Crippen LogP contribution in [0.5, 0.6) is 11.5 Å². The fourth-order valence-electron chi connectivity index (χ4n) is 3.54. The minimum absolute atomic E-state index is 0.140. The molecule has 0 bridgehead atoms. The lowest BCUT2D eigenvalue weighted by Gasteiger charge is -2.14. The lowest BCUT2D eigenvalue weighted by atomic mass is 9.98. The first-order chi connectivity index (χ1) is 15.4. The molecule has 0 aliphatic rings. The quantitative estimate of drug-likeness (QED) is 0.398. The van der Waals surface area contributed by atoms with E-state index in [1.165, 1.54) is 12.1 Å². The number of aryl methyl sites for hydroxylation is 2. The molecule has 6 heteroatoms. The van der Waals surface area contributed by atoms with E-state index in [1.807, 2.05) is 31.2 Å². The molecule has 162 valence electrons. The summed E-state index contributed by atoms with van der Waals surface area (Å²) in [6.45, 7) is 4.03. The lowest BCUT2D eigenvalue weighted by molar-refractivity contribution is 0.0693. The molecule has 0 spiro atoms. The van der Waals surface area contributed by atoms with Gasteiger partial charge in [0.05, 0.1) is 16.8 Å². The highest BCUT2D eigenvalue weighted by Crippen LogP contribution is 2.24. The first kappa shape index (κ1) is 21.3. The van der Waals surface area contributed by atoms with Crippen LogP contribution in [0.4, 0.5) is 4.39 Å². The summed E-state index contributed by atoms with van der Waals surface area (Å²) in [4.78, 5) is 16.2. The van der Waals surface area contributed by atoms with Gasteiger partial charge in [-0.25, -0.2) is 14.2 Å². The van der Waals surface area contributed by atoms with Crippen LogP contribution in [0.3, 0.4) is 0 Å². The Hall–Kier alpha value is -3.93. The van der Waals surface area contributed by atoms with Gasteiger partial charge in [0.15, 0.2) is 0 Å². The maximum Gasteiger partial charge on any atom is 0.336 e. The second-order valence-corrected chi connectivity index (χ2v) is 7.55. The van der Waals surface area contributed by atoms with Crippen LogP contribution >= 0.6 is 0 Å². The number of carbonyl (C=O) groups is 1. The van der Waals surface area contributed by atoms with Crippen molar-refractivity contribution in [2.75, 3.05) is 0 Å². The first-order valence-corrected chi connectivity index (χ1v) is 10.1. The maximum absolute atomic E-state index is 13.3. The summed E-state index contributed by atoms with van der Waals surface area (Å²) in [6.07, 6.45) is 0. The Morgan fingerprint density at radius 3 is 2.38 bits per heavy atom. The van der Waals surface area contributed by atoms with Crippen LogP contribution in [0.15, 0.2) is 66.7 Å². The predicted molar refractivity (Wildman–Crippen MR) is 120 cm³/mol. The summed E-state index contributed by atoms with van der Waals surface area (Å²) >= 11 is 0. The third-order valence-corrected chi connectivity index (χ3v) is 5.25. The number of carboxylic acid groups (broad SMARTS) is 1. The number of hydrogen-bond acceptors (Lipinski definition) is 4.